The molecule has 0 saturated carbocycles. The summed E-state index contributed by atoms with van der Waals surface area (Å²) < 4.78 is 0. The van der Waals surface area contributed by atoms with Crippen LogP contribution in [0.2, 0.25) is 0 Å². The molecule has 3 aromatic rings. The zero-order valence-electron chi connectivity index (χ0n) is 14.2. The summed E-state index contributed by atoms with van der Waals surface area (Å²) in [6.45, 7) is 6.29. The lowest BCUT2D eigenvalue weighted by Gasteiger charge is -2.02. The van der Waals surface area contributed by atoms with E-state index in [1.807, 2.05) is 24.3 Å². The summed E-state index contributed by atoms with van der Waals surface area (Å²) in [4.78, 5) is 3.63. The second-order valence-corrected chi connectivity index (χ2v) is 8.42. The molecule has 0 atom stereocenters. The zero-order valence-corrected chi connectivity index (χ0v) is 16.7. The van der Waals surface area contributed by atoms with E-state index in [0.29, 0.717) is 0 Å². The quantitative estimate of drug-likeness (QED) is 0.377. The van der Waals surface area contributed by atoms with Gasteiger partial charge >= 0.3 is 0 Å². The van der Waals surface area contributed by atoms with Crippen LogP contribution in [0.25, 0.3) is 0 Å². The van der Waals surface area contributed by atoms with Crippen molar-refractivity contribution in [3.05, 3.63) is 89.5 Å². The highest BCUT2D eigenvalue weighted by Gasteiger charge is 1.97. The average molecular weight is 371 g/mol. The SMILES string of the molecule is Cc1ccc(S)cc1.Cc1ccc(SSc2ccc(C)cc2)cc1. The van der Waals surface area contributed by atoms with Gasteiger partial charge < -0.3 is 0 Å². The van der Waals surface area contributed by atoms with Gasteiger partial charge in [-0.25, -0.2) is 0 Å². The van der Waals surface area contributed by atoms with Crippen molar-refractivity contribution in [3.63, 3.8) is 0 Å². The van der Waals surface area contributed by atoms with Crippen LogP contribution in [0.1, 0.15) is 16.7 Å². The van der Waals surface area contributed by atoms with Crippen LogP contribution in [0, 0.1) is 20.8 Å². The maximum Gasteiger partial charge on any atom is 0.0186 e. The second kappa shape index (κ2) is 9.87. The minimum Gasteiger partial charge on any atom is -0.143 e. The van der Waals surface area contributed by atoms with Crippen LogP contribution >= 0.6 is 34.2 Å². The van der Waals surface area contributed by atoms with Crippen LogP contribution in [0.4, 0.5) is 0 Å². The lowest BCUT2D eigenvalue weighted by atomic mass is 10.2. The van der Waals surface area contributed by atoms with Gasteiger partial charge in [0.1, 0.15) is 0 Å². The smallest absolute Gasteiger partial charge is 0.0186 e. The third-order valence-corrected chi connectivity index (χ3v) is 6.03. The molecule has 0 saturated heterocycles. The molecule has 0 radical (unpaired) electrons. The van der Waals surface area contributed by atoms with Gasteiger partial charge in [0.15, 0.2) is 0 Å². The van der Waals surface area contributed by atoms with E-state index in [9.17, 15) is 0 Å². The first-order valence-corrected chi connectivity index (χ1v) is 10.4. The molecular weight excluding hydrogens is 348 g/mol. The molecule has 0 heterocycles. The molecule has 24 heavy (non-hydrogen) atoms. The first-order valence-electron chi connectivity index (χ1n) is 7.76. The van der Waals surface area contributed by atoms with Crippen LogP contribution in [-0.2, 0) is 0 Å². The molecule has 0 nitrogen and oxygen atoms in total. The molecule has 0 N–H and O–H groups in total. The highest BCUT2D eigenvalue weighted by atomic mass is 33.1. The van der Waals surface area contributed by atoms with Gasteiger partial charge in [-0.1, -0.05) is 74.7 Å². The summed E-state index contributed by atoms with van der Waals surface area (Å²) in [5.74, 6) is 0. The second-order valence-electron chi connectivity index (χ2n) is 5.63. The molecule has 3 heteroatoms. The largest absolute Gasteiger partial charge is 0.143 e. The third kappa shape index (κ3) is 7.08. The Hall–Kier alpha value is -1.29. The van der Waals surface area contributed by atoms with Gasteiger partial charge in [0.2, 0.25) is 0 Å². The minimum absolute atomic E-state index is 1.02. The molecule has 0 unspecified atom stereocenters. The van der Waals surface area contributed by atoms with Gasteiger partial charge in [-0.3, -0.25) is 0 Å². The summed E-state index contributed by atoms with van der Waals surface area (Å²) in [6, 6.07) is 25.3. The lowest BCUT2D eigenvalue weighted by molar-refractivity contribution is 1.38. The maximum atomic E-state index is 4.13. The average Bonchev–Trinajstić information content (AvgIpc) is 2.59. The van der Waals surface area contributed by atoms with Crippen molar-refractivity contribution in [1.82, 2.24) is 0 Å². The Morgan fingerprint density at radius 2 is 0.792 bits per heavy atom. The number of thiol groups is 1. The Morgan fingerprint density at radius 1 is 0.500 bits per heavy atom. The van der Waals surface area contributed by atoms with Crippen molar-refractivity contribution in [2.24, 2.45) is 0 Å². The maximum absolute atomic E-state index is 4.13. The fraction of sp³-hybridized carbons (Fsp3) is 0.143. The van der Waals surface area contributed by atoms with Crippen molar-refractivity contribution >= 4 is 34.2 Å². The number of benzene rings is 3. The van der Waals surface area contributed by atoms with E-state index in [1.54, 1.807) is 21.6 Å². The molecule has 0 aliphatic heterocycles. The lowest BCUT2D eigenvalue weighted by Crippen LogP contribution is -1.73. The first-order chi connectivity index (χ1) is 11.5. The molecule has 0 spiro atoms. The number of aryl methyl sites for hydroxylation is 3. The van der Waals surface area contributed by atoms with Crippen molar-refractivity contribution in [2.75, 3.05) is 0 Å². The predicted octanol–water partition coefficient (Wildman–Crippen LogP) is 7.39. The molecule has 0 aliphatic rings. The normalized spacial score (nSPS) is 10.0. The van der Waals surface area contributed by atoms with Gasteiger partial charge in [-0.05, 0) is 57.2 Å². The molecule has 0 fully saturated rings. The first kappa shape index (κ1) is 19.0. The molecule has 0 aliphatic carbocycles. The van der Waals surface area contributed by atoms with Crippen molar-refractivity contribution in [2.45, 2.75) is 35.5 Å². The molecule has 0 aromatic heterocycles. The molecule has 3 rings (SSSR count). The molecule has 3 aromatic carbocycles. The van der Waals surface area contributed by atoms with Gasteiger partial charge in [0.05, 0.1) is 0 Å². The van der Waals surface area contributed by atoms with E-state index in [0.717, 1.165) is 4.90 Å². The van der Waals surface area contributed by atoms with Gasteiger partial charge in [0.25, 0.3) is 0 Å². The summed E-state index contributed by atoms with van der Waals surface area (Å²) in [6.07, 6.45) is 0. The van der Waals surface area contributed by atoms with Crippen molar-refractivity contribution in [3.8, 4) is 0 Å². The molecule has 124 valence electrons. The predicted molar refractivity (Wildman–Crippen MR) is 113 cm³/mol. The highest BCUT2D eigenvalue weighted by molar-refractivity contribution is 8.76. The summed E-state index contributed by atoms with van der Waals surface area (Å²) in [5.41, 5.74) is 3.90. The van der Waals surface area contributed by atoms with Crippen molar-refractivity contribution in [1.29, 1.82) is 0 Å². The van der Waals surface area contributed by atoms with E-state index >= 15 is 0 Å². The summed E-state index contributed by atoms with van der Waals surface area (Å²) in [7, 11) is 3.61. The van der Waals surface area contributed by atoms with Crippen LogP contribution < -0.4 is 0 Å². The van der Waals surface area contributed by atoms with Crippen molar-refractivity contribution < 1.29 is 0 Å². The van der Waals surface area contributed by atoms with Crippen LogP contribution in [0.5, 0.6) is 0 Å². The van der Waals surface area contributed by atoms with Gasteiger partial charge in [0, 0.05) is 14.7 Å². The van der Waals surface area contributed by atoms with E-state index in [-0.39, 0.29) is 0 Å². The summed E-state index contributed by atoms with van der Waals surface area (Å²) in [5, 5.41) is 0. The minimum atomic E-state index is 1.02. The fourth-order valence-corrected chi connectivity index (χ4v) is 3.91. The van der Waals surface area contributed by atoms with Crippen LogP contribution in [-0.4, -0.2) is 0 Å². The Labute approximate surface area is 158 Å². The highest BCUT2D eigenvalue weighted by Crippen LogP contribution is 2.37. The number of hydrogen-bond donors (Lipinski definition) is 1. The summed E-state index contributed by atoms with van der Waals surface area (Å²) >= 11 is 4.13. The number of hydrogen-bond acceptors (Lipinski definition) is 3. The van der Waals surface area contributed by atoms with E-state index in [2.05, 4.69) is 81.9 Å². The van der Waals surface area contributed by atoms with E-state index in [4.69, 9.17) is 0 Å². The zero-order chi connectivity index (χ0) is 17.4. The third-order valence-electron chi connectivity index (χ3n) is 3.31. The molecule has 0 amide bonds. The Bertz CT molecular complexity index is 663. The Morgan fingerprint density at radius 3 is 1.08 bits per heavy atom. The van der Waals surface area contributed by atoms with E-state index < -0.39 is 0 Å². The fourth-order valence-electron chi connectivity index (χ4n) is 1.83. The van der Waals surface area contributed by atoms with Gasteiger partial charge in [-0.2, -0.15) is 0 Å². The topological polar surface area (TPSA) is 0 Å². The Kier molecular flexibility index (Phi) is 7.83. The van der Waals surface area contributed by atoms with Crippen LogP contribution in [0.15, 0.2) is 87.5 Å². The molecular formula is C21H22S3. The van der Waals surface area contributed by atoms with E-state index in [1.165, 1.54) is 26.5 Å². The number of rotatable bonds is 3. The standard InChI is InChI=1S/C14H14S2.C7H8S/c1-11-3-7-13(8-4-11)15-16-14-9-5-12(2)6-10-14;1-6-2-4-7(8)5-3-6/h3-10H,1-2H3;2-5,8H,1H3. The van der Waals surface area contributed by atoms with Crippen LogP contribution in [0.3, 0.4) is 0 Å². The molecule has 0 bridgehead atoms. The monoisotopic (exact) mass is 370 g/mol. The Balaban J connectivity index is 0.000000219. The van der Waals surface area contributed by atoms with Gasteiger partial charge in [-0.15, -0.1) is 12.6 Å².